The molecule has 124 valence electrons. The van der Waals surface area contributed by atoms with Gasteiger partial charge >= 0.3 is 6.03 Å². The van der Waals surface area contributed by atoms with Gasteiger partial charge in [0.15, 0.2) is 11.5 Å². The van der Waals surface area contributed by atoms with Gasteiger partial charge in [0.1, 0.15) is 6.04 Å². The molecule has 3 rings (SSSR count). The van der Waals surface area contributed by atoms with Crippen LogP contribution in [0.15, 0.2) is 18.2 Å². The Morgan fingerprint density at radius 1 is 1.35 bits per heavy atom. The average molecular weight is 319 g/mol. The number of benzene rings is 1. The number of carbonyl (C=O) groups excluding carboxylic acids is 2. The highest BCUT2D eigenvalue weighted by Gasteiger charge is 2.24. The highest BCUT2D eigenvalue weighted by atomic mass is 16.7. The van der Waals surface area contributed by atoms with E-state index in [9.17, 15) is 9.59 Å². The number of carbonyl (C=O) groups is 2. The van der Waals surface area contributed by atoms with Crippen molar-refractivity contribution in [3.8, 4) is 11.5 Å². The van der Waals surface area contributed by atoms with Crippen LogP contribution in [-0.2, 0) is 11.3 Å². The van der Waals surface area contributed by atoms with E-state index in [0.717, 1.165) is 24.2 Å². The predicted molar refractivity (Wildman–Crippen MR) is 83.2 cm³/mol. The summed E-state index contributed by atoms with van der Waals surface area (Å²) in [5.74, 6) is 1.31. The fourth-order valence-corrected chi connectivity index (χ4v) is 2.72. The maximum Gasteiger partial charge on any atom is 0.318 e. The SMILES string of the molecule is CN(Cc1ccc2c(c1)OCO2)C(=O)NC1CCCCNC1=O. The Hall–Kier alpha value is -2.44. The molecule has 1 aromatic carbocycles. The van der Waals surface area contributed by atoms with Crippen molar-refractivity contribution in [1.82, 2.24) is 15.5 Å². The highest BCUT2D eigenvalue weighted by molar-refractivity contribution is 5.87. The molecule has 0 radical (unpaired) electrons. The predicted octanol–water partition coefficient (Wildman–Crippen LogP) is 1.23. The molecule has 2 aliphatic rings. The summed E-state index contributed by atoms with van der Waals surface area (Å²) in [6.07, 6.45) is 2.55. The van der Waals surface area contributed by atoms with Gasteiger partial charge in [0, 0.05) is 20.1 Å². The van der Waals surface area contributed by atoms with Gasteiger partial charge in [-0.25, -0.2) is 4.79 Å². The summed E-state index contributed by atoms with van der Waals surface area (Å²) in [6, 6.07) is 4.89. The largest absolute Gasteiger partial charge is 0.454 e. The summed E-state index contributed by atoms with van der Waals surface area (Å²) in [5, 5.41) is 5.61. The Bertz CT molecular complexity index is 605. The van der Waals surface area contributed by atoms with Gasteiger partial charge in [0.2, 0.25) is 12.7 Å². The molecule has 23 heavy (non-hydrogen) atoms. The van der Waals surface area contributed by atoms with E-state index >= 15 is 0 Å². The Morgan fingerprint density at radius 2 is 2.17 bits per heavy atom. The molecule has 7 nitrogen and oxygen atoms in total. The van der Waals surface area contributed by atoms with Crippen molar-refractivity contribution in [2.45, 2.75) is 31.8 Å². The van der Waals surface area contributed by atoms with Gasteiger partial charge in [-0.2, -0.15) is 0 Å². The van der Waals surface area contributed by atoms with Crippen LogP contribution in [0.1, 0.15) is 24.8 Å². The van der Waals surface area contributed by atoms with Crippen molar-refractivity contribution in [3.05, 3.63) is 23.8 Å². The molecule has 1 saturated heterocycles. The molecule has 3 amide bonds. The minimum Gasteiger partial charge on any atom is -0.454 e. The van der Waals surface area contributed by atoms with E-state index in [2.05, 4.69) is 10.6 Å². The lowest BCUT2D eigenvalue weighted by molar-refractivity contribution is -0.122. The van der Waals surface area contributed by atoms with Gasteiger partial charge in [-0.15, -0.1) is 0 Å². The molecule has 1 unspecified atom stereocenters. The zero-order valence-corrected chi connectivity index (χ0v) is 13.1. The smallest absolute Gasteiger partial charge is 0.318 e. The standard InChI is InChI=1S/C16H21N3O4/c1-19(9-11-5-6-13-14(8-11)23-10-22-13)16(21)18-12-4-2-3-7-17-15(12)20/h5-6,8,12H,2-4,7,9-10H2,1H3,(H,17,20)(H,18,21). The lowest BCUT2D eigenvalue weighted by atomic mass is 10.1. The van der Waals surface area contributed by atoms with Crippen LogP contribution in [0.3, 0.4) is 0 Å². The molecule has 1 fully saturated rings. The summed E-state index contributed by atoms with van der Waals surface area (Å²) in [4.78, 5) is 25.7. The quantitative estimate of drug-likeness (QED) is 0.878. The van der Waals surface area contributed by atoms with Crippen LogP contribution in [0.4, 0.5) is 4.79 Å². The first-order valence-corrected chi connectivity index (χ1v) is 7.81. The number of nitrogens with zero attached hydrogens (tertiary/aromatic N) is 1. The van der Waals surface area contributed by atoms with E-state index in [1.807, 2.05) is 18.2 Å². The monoisotopic (exact) mass is 319 g/mol. The van der Waals surface area contributed by atoms with Gasteiger partial charge in [-0.1, -0.05) is 6.07 Å². The van der Waals surface area contributed by atoms with Crippen molar-refractivity contribution in [3.63, 3.8) is 0 Å². The topological polar surface area (TPSA) is 79.9 Å². The number of fused-ring (bicyclic) bond motifs is 1. The molecule has 2 N–H and O–H groups in total. The first-order valence-electron chi connectivity index (χ1n) is 7.81. The molecule has 1 atom stereocenters. The van der Waals surface area contributed by atoms with Gasteiger partial charge < -0.3 is 25.0 Å². The third-order valence-electron chi connectivity index (χ3n) is 4.04. The van der Waals surface area contributed by atoms with Crippen molar-refractivity contribution in [2.75, 3.05) is 20.4 Å². The fraction of sp³-hybridized carbons (Fsp3) is 0.500. The van der Waals surface area contributed by atoms with Crippen LogP contribution in [0.25, 0.3) is 0 Å². The second kappa shape index (κ2) is 6.76. The van der Waals surface area contributed by atoms with Crippen LogP contribution < -0.4 is 20.1 Å². The number of ether oxygens (including phenoxy) is 2. The number of rotatable bonds is 3. The molecule has 2 aliphatic heterocycles. The minimum absolute atomic E-state index is 0.104. The van der Waals surface area contributed by atoms with Gasteiger partial charge in [-0.05, 0) is 37.0 Å². The van der Waals surface area contributed by atoms with E-state index in [1.165, 1.54) is 0 Å². The number of nitrogens with one attached hydrogen (secondary N) is 2. The van der Waals surface area contributed by atoms with E-state index in [1.54, 1.807) is 11.9 Å². The van der Waals surface area contributed by atoms with E-state index in [0.29, 0.717) is 25.3 Å². The van der Waals surface area contributed by atoms with Gasteiger partial charge in [0.25, 0.3) is 0 Å². The summed E-state index contributed by atoms with van der Waals surface area (Å²) in [7, 11) is 1.70. The van der Waals surface area contributed by atoms with E-state index in [4.69, 9.17) is 9.47 Å². The van der Waals surface area contributed by atoms with E-state index < -0.39 is 6.04 Å². The first-order chi connectivity index (χ1) is 11.1. The van der Waals surface area contributed by atoms with Crippen molar-refractivity contribution in [1.29, 1.82) is 0 Å². The van der Waals surface area contributed by atoms with Crippen LogP contribution in [0.5, 0.6) is 11.5 Å². The summed E-state index contributed by atoms with van der Waals surface area (Å²) in [6.45, 7) is 1.33. The Morgan fingerprint density at radius 3 is 3.04 bits per heavy atom. The Balaban J connectivity index is 1.58. The third kappa shape index (κ3) is 3.67. The normalized spacial score (nSPS) is 19.7. The van der Waals surface area contributed by atoms with Crippen LogP contribution in [0, 0.1) is 0 Å². The van der Waals surface area contributed by atoms with Gasteiger partial charge in [0.05, 0.1) is 0 Å². The molecule has 1 aromatic rings. The first kappa shape index (κ1) is 15.5. The van der Waals surface area contributed by atoms with Crippen LogP contribution >= 0.6 is 0 Å². The summed E-state index contributed by atoms with van der Waals surface area (Å²) < 4.78 is 10.6. The molecule has 0 aromatic heterocycles. The highest BCUT2D eigenvalue weighted by Crippen LogP contribution is 2.32. The van der Waals surface area contributed by atoms with Crippen LogP contribution in [-0.4, -0.2) is 43.3 Å². The molecular formula is C16H21N3O4. The zero-order valence-electron chi connectivity index (χ0n) is 13.1. The molecule has 0 spiro atoms. The second-order valence-electron chi connectivity index (χ2n) is 5.83. The molecule has 0 saturated carbocycles. The Kier molecular flexibility index (Phi) is 4.55. The third-order valence-corrected chi connectivity index (χ3v) is 4.04. The van der Waals surface area contributed by atoms with Crippen LogP contribution in [0.2, 0.25) is 0 Å². The number of hydrogen-bond donors (Lipinski definition) is 2. The Labute approximate surface area is 134 Å². The average Bonchev–Trinajstić information content (AvgIpc) is 2.91. The number of hydrogen-bond acceptors (Lipinski definition) is 4. The number of urea groups is 1. The van der Waals surface area contributed by atoms with Crippen molar-refractivity contribution in [2.24, 2.45) is 0 Å². The summed E-state index contributed by atoms with van der Waals surface area (Å²) >= 11 is 0. The maximum atomic E-state index is 12.3. The fourth-order valence-electron chi connectivity index (χ4n) is 2.72. The molecule has 7 heteroatoms. The molecule has 2 heterocycles. The van der Waals surface area contributed by atoms with Crippen molar-refractivity contribution < 1.29 is 19.1 Å². The van der Waals surface area contributed by atoms with E-state index in [-0.39, 0.29) is 18.7 Å². The lowest BCUT2D eigenvalue weighted by Crippen LogP contribution is -2.49. The molecule has 0 aliphatic carbocycles. The van der Waals surface area contributed by atoms with Crippen molar-refractivity contribution >= 4 is 11.9 Å². The second-order valence-corrected chi connectivity index (χ2v) is 5.83. The number of amides is 3. The molecule has 0 bridgehead atoms. The zero-order chi connectivity index (χ0) is 16.2. The minimum atomic E-state index is -0.454. The van der Waals surface area contributed by atoms with Gasteiger partial charge in [-0.3, -0.25) is 4.79 Å². The summed E-state index contributed by atoms with van der Waals surface area (Å²) in [5.41, 5.74) is 0.942. The maximum absolute atomic E-state index is 12.3. The molecular weight excluding hydrogens is 298 g/mol. The lowest BCUT2D eigenvalue weighted by Gasteiger charge is -2.22.